The number of amides is 1. The molecule has 0 unspecified atom stereocenters. The van der Waals surface area contributed by atoms with Crippen LogP contribution in [-0.4, -0.2) is 15.7 Å². The summed E-state index contributed by atoms with van der Waals surface area (Å²) in [5.41, 5.74) is 1.80. The topological polar surface area (TPSA) is 46.9 Å². The van der Waals surface area contributed by atoms with Crippen molar-refractivity contribution in [1.29, 1.82) is 0 Å². The third kappa shape index (κ3) is 3.84. The van der Waals surface area contributed by atoms with Gasteiger partial charge in [0.05, 0.1) is 22.7 Å². The predicted molar refractivity (Wildman–Crippen MR) is 105 cm³/mol. The van der Waals surface area contributed by atoms with Crippen molar-refractivity contribution in [3.05, 3.63) is 95.0 Å². The fourth-order valence-corrected chi connectivity index (χ4v) is 3.54. The zero-order chi connectivity index (χ0) is 19.5. The van der Waals surface area contributed by atoms with Crippen molar-refractivity contribution in [2.24, 2.45) is 0 Å². The third-order valence-electron chi connectivity index (χ3n) is 4.13. The highest BCUT2D eigenvalue weighted by atomic mass is 32.1. The van der Waals surface area contributed by atoms with Gasteiger partial charge >= 0.3 is 0 Å². The van der Waals surface area contributed by atoms with Crippen LogP contribution in [0.1, 0.15) is 15.9 Å². The molecule has 4 nitrogen and oxygen atoms in total. The summed E-state index contributed by atoms with van der Waals surface area (Å²) in [4.78, 5) is 13.6. The molecule has 1 amide bonds. The molecular weight excluding hydrogens is 380 g/mol. The number of thiophene rings is 1. The van der Waals surface area contributed by atoms with Gasteiger partial charge in [-0.15, -0.1) is 11.3 Å². The van der Waals surface area contributed by atoms with Crippen LogP contribution in [0.4, 0.5) is 14.5 Å². The quantitative estimate of drug-likeness (QED) is 0.505. The zero-order valence-electron chi connectivity index (χ0n) is 14.6. The number of nitrogens with one attached hydrogen (secondary N) is 1. The number of carbonyl (C=O) groups is 1. The highest BCUT2D eigenvalue weighted by molar-refractivity contribution is 7.13. The fourth-order valence-electron chi connectivity index (χ4n) is 2.81. The lowest BCUT2D eigenvalue weighted by Crippen LogP contribution is -2.13. The smallest absolute Gasteiger partial charge is 0.259 e. The predicted octanol–water partition coefficient (Wildman–Crippen LogP) is 5.19. The Kier molecular flexibility index (Phi) is 4.99. The number of aromatic nitrogens is 2. The van der Waals surface area contributed by atoms with E-state index in [1.54, 1.807) is 10.9 Å². The molecule has 4 aromatic rings. The summed E-state index contributed by atoms with van der Waals surface area (Å²) in [6.07, 6.45) is 1.64. The van der Waals surface area contributed by atoms with E-state index in [2.05, 4.69) is 10.4 Å². The molecule has 0 bridgehead atoms. The van der Waals surface area contributed by atoms with Gasteiger partial charge in [-0.05, 0) is 29.1 Å². The molecule has 0 aliphatic rings. The molecule has 140 valence electrons. The normalized spacial score (nSPS) is 10.8. The average molecular weight is 395 g/mol. The number of nitrogens with zero attached hydrogens (tertiary/aromatic N) is 2. The van der Waals surface area contributed by atoms with Gasteiger partial charge in [-0.2, -0.15) is 5.10 Å². The van der Waals surface area contributed by atoms with Crippen molar-refractivity contribution in [2.45, 2.75) is 6.54 Å². The Morgan fingerprint density at radius 3 is 2.61 bits per heavy atom. The number of rotatable bonds is 5. The van der Waals surface area contributed by atoms with E-state index >= 15 is 0 Å². The van der Waals surface area contributed by atoms with Gasteiger partial charge in [-0.25, -0.2) is 8.78 Å². The number of benzene rings is 2. The first-order valence-electron chi connectivity index (χ1n) is 8.52. The monoisotopic (exact) mass is 395 g/mol. The minimum atomic E-state index is -0.831. The van der Waals surface area contributed by atoms with Crippen molar-refractivity contribution >= 4 is 22.9 Å². The first kappa shape index (κ1) is 18.1. The first-order chi connectivity index (χ1) is 13.6. The molecule has 28 heavy (non-hydrogen) atoms. The van der Waals surface area contributed by atoms with Crippen LogP contribution >= 0.6 is 11.3 Å². The fraction of sp³-hybridized carbons (Fsp3) is 0.0476. The van der Waals surface area contributed by atoms with Gasteiger partial charge in [0, 0.05) is 12.3 Å². The van der Waals surface area contributed by atoms with E-state index in [0.717, 1.165) is 22.6 Å². The minimum Gasteiger partial charge on any atom is -0.319 e. The Labute approximate surface area is 164 Å². The van der Waals surface area contributed by atoms with E-state index in [9.17, 15) is 13.6 Å². The van der Waals surface area contributed by atoms with Crippen LogP contribution in [0.25, 0.3) is 10.6 Å². The molecule has 2 heterocycles. The van der Waals surface area contributed by atoms with Crippen molar-refractivity contribution < 1.29 is 13.6 Å². The Bertz CT molecular complexity index is 1110. The Morgan fingerprint density at radius 1 is 1.07 bits per heavy atom. The second-order valence-electron chi connectivity index (χ2n) is 6.13. The summed E-state index contributed by atoms with van der Waals surface area (Å²) in [7, 11) is 0. The maximum absolute atomic E-state index is 13.9. The average Bonchev–Trinajstić information content (AvgIpc) is 3.34. The Morgan fingerprint density at radius 2 is 1.89 bits per heavy atom. The molecule has 7 heteroatoms. The van der Waals surface area contributed by atoms with E-state index in [4.69, 9.17) is 0 Å². The van der Waals surface area contributed by atoms with Gasteiger partial charge in [-0.1, -0.05) is 36.4 Å². The van der Waals surface area contributed by atoms with Gasteiger partial charge in [-0.3, -0.25) is 9.48 Å². The van der Waals surface area contributed by atoms with Crippen LogP contribution < -0.4 is 5.32 Å². The van der Waals surface area contributed by atoms with Crippen LogP contribution in [-0.2, 0) is 6.54 Å². The molecule has 0 radical (unpaired) electrons. The minimum absolute atomic E-state index is 0.0839. The molecule has 0 saturated carbocycles. The van der Waals surface area contributed by atoms with Crippen LogP contribution in [0.2, 0.25) is 0 Å². The highest BCUT2D eigenvalue weighted by Gasteiger charge is 2.20. The lowest BCUT2D eigenvalue weighted by Gasteiger charge is -2.06. The van der Waals surface area contributed by atoms with E-state index in [1.165, 1.54) is 17.4 Å². The summed E-state index contributed by atoms with van der Waals surface area (Å²) < 4.78 is 28.7. The summed E-state index contributed by atoms with van der Waals surface area (Å²) in [5, 5.41) is 8.96. The number of hydrogen-bond acceptors (Lipinski definition) is 3. The standard InChI is InChI=1S/C21H15F2N3OS/c22-15-8-9-18(17(23)11-15)24-21(27)16-13-26(12-14-5-2-1-3-6-14)25-20(16)19-7-4-10-28-19/h1-11,13H,12H2,(H,24,27). The third-order valence-corrected chi connectivity index (χ3v) is 5.00. The van der Waals surface area contributed by atoms with E-state index in [-0.39, 0.29) is 5.69 Å². The molecule has 2 aromatic carbocycles. The Balaban J connectivity index is 1.67. The number of carbonyl (C=O) groups excluding carboxylic acids is 1. The van der Waals surface area contributed by atoms with E-state index < -0.39 is 17.5 Å². The molecule has 4 rings (SSSR count). The van der Waals surface area contributed by atoms with Gasteiger partial charge in [0.25, 0.3) is 5.91 Å². The Hall–Kier alpha value is -3.32. The first-order valence-corrected chi connectivity index (χ1v) is 9.40. The van der Waals surface area contributed by atoms with Crippen molar-refractivity contribution in [3.63, 3.8) is 0 Å². The maximum atomic E-state index is 13.9. The largest absolute Gasteiger partial charge is 0.319 e. The number of hydrogen-bond donors (Lipinski definition) is 1. The van der Waals surface area contributed by atoms with Gasteiger partial charge in [0.15, 0.2) is 0 Å². The van der Waals surface area contributed by atoms with Gasteiger partial charge < -0.3 is 5.32 Å². The molecule has 0 aliphatic carbocycles. The van der Waals surface area contributed by atoms with Crippen molar-refractivity contribution in [2.75, 3.05) is 5.32 Å². The lowest BCUT2D eigenvalue weighted by atomic mass is 10.2. The molecule has 0 fully saturated rings. The molecular formula is C21H15F2N3OS. The van der Waals surface area contributed by atoms with Gasteiger partial charge in [0.2, 0.25) is 0 Å². The molecule has 2 aromatic heterocycles. The van der Waals surface area contributed by atoms with Crippen molar-refractivity contribution in [3.8, 4) is 10.6 Å². The van der Waals surface area contributed by atoms with Crippen LogP contribution in [0.15, 0.2) is 72.2 Å². The van der Waals surface area contributed by atoms with E-state index in [0.29, 0.717) is 17.8 Å². The molecule has 0 aliphatic heterocycles. The molecule has 0 saturated heterocycles. The van der Waals surface area contributed by atoms with Crippen LogP contribution in [0.5, 0.6) is 0 Å². The molecule has 0 atom stereocenters. The molecule has 1 N–H and O–H groups in total. The second kappa shape index (κ2) is 7.74. The highest BCUT2D eigenvalue weighted by Crippen LogP contribution is 2.28. The van der Waals surface area contributed by atoms with Crippen molar-refractivity contribution in [1.82, 2.24) is 9.78 Å². The summed E-state index contributed by atoms with van der Waals surface area (Å²) in [6, 6.07) is 16.5. The summed E-state index contributed by atoms with van der Waals surface area (Å²) in [5.74, 6) is -2.04. The van der Waals surface area contributed by atoms with Crippen LogP contribution in [0.3, 0.4) is 0 Å². The molecule has 0 spiro atoms. The summed E-state index contributed by atoms with van der Waals surface area (Å²) >= 11 is 1.46. The van der Waals surface area contributed by atoms with Crippen LogP contribution in [0, 0.1) is 11.6 Å². The van der Waals surface area contributed by atoms with Gasteiger partial charge in [0.1, 0.15) is 17.3 Å². The summed E-state index contributed by atoms with van der Waals surface area (Å²) in [6.45, 7) is 0.497. The SMILES string of the molecule is O=C(Nc1ccc(F)cc1F)c1cn(Cc2ccccc2)nc1-c1cccs1. The zero-order valence-corrected chi connectivity index (χ0v) is 15.4. The second-order valence-corrected chi connectivity index (χ2v) is 7.08. The number of halogens is 2. The lowest BCUT2D eigenvalue weighted by molar-refractivity contribution is 0.102. The maximum Gasteiger partial charge on any atom is 0.259 e. The van der Waals surface area contributed by atoms with E-state index in [1.807, 2.05) is 47.8 Å². The number of anilines is 1.